The summed E-state index contributed by atoms with van der Waals surface area (Å²) in [5, 5.41) is 19.6. The number of benzene rings is 2. The smallest absolute Gasteiger partial charge is 0.123 e. The fourth-order valence-electron chi connectivity index (χ4n) is 2.35. The van der Waals surface area contributed by atoms with Crippen LogP contribution >= 0.6 is 0 Å². The molecule has 0 aliphatic heterocycles. The van der Waals surface area contributed by atoms with Gasteiger partial charge in [-0.1, -0.05) is 38.1 Å². The second-order valence-electron chi connectivity index (χ2n) is 4.36. The molecule has 0 spiro atoms. The number of phenols is 2. The highest BCUT2D eigenvalue weighted by Gasteiger charge is 2.12. The van der Waals surface area contributed by atoms with E-state index in [1.54, 1.807) is 6.07 Å². The zero-order valence-corrected chi connectivity index (χ0v) is 10.8. The van der Waals surface area contributed by atoms with Gasteiger partial charge in [0, 0.05) is 11.6 Å². The first kappa shape index (κ1) is 12.5. The molecular weight excluding hydrogens is 224 g/mol. The molecule has 0 fully saturated rings. The van der Waals surface area contributed by atoms with Crippen molar-refractivity contribution in [2.75, 3.05) is 0 Å². The van der Waals surface area contributed by atoms with Gasteiger partial charge in [0.2, 0.25) is 0 Å². The van der Waals surface area contributed by atoms with Crippen LogP contribution in [-0.2, 0) is 12.8 Å². The molecule has 0 heterocycles. The van der Waals surface area contributed by atoms with E-state index in [9.17, 15) is 10.2 Å². The van der Waals surface area contributed by atoms with Crippen molar-refractivity contribution in [3.63, 3.8) is 0 Å². The van der Waals surface area contributed by atoms with Gasteiger partial charge in [0.05, 0.1) is 0 Å². The maximum Gasteiger partial charge on any atom is 0.123 e. The van der Waals surface area contributed by atoms with Crippen molar-refractivity contribution in [2.24, 2.45) is 0 Å². The van der Waals surface area contributed by atoms with Crippen molar-refractivity contribution in [1.29, 1.82) is 0 Å². The second kappa shape index (κ2) is 5.13. The van der Waals surface area contributed by atoms with Crippen LogP contribution in [0, 0.1) is 0 Å². The van der Waals surface area contributed by atoms with E-state index in [1.165, 1.54) is 11.6 Å². The summed E-state index contributed by atoms with van der Waals surface area (Å²) in [6.45, 7) is 4.11. The first-order valence-electron chi connectivity index (χ1n) is 6.30. The Hall–Kier alpha value is -1.96. The average Bonchev–Trinajstić information content (AvgIpc) is 2.38. The molecule has 0 amide bonds. The van der Waals surface area contributed by atoms with Crippen LogP contribution in [0.4, 0.5) is 0 Å². The molecule has 0 unspecified atom stereocenters. The van der Waals surface area contributed by atoms with Crippen LogP contribution in [0.1, 0.15) is 25.0 Å². The lowest BCUT2D eigenvalue weighted by Gasteiger charge is -2.14. The minimum absolute atomic E-state index is 0.102. The monoisotopic (exact) mass is 242 g/mol. The molecule has 0 radical (unpaired) electrons. The largest absolute Gasteiger partial charge is 0.508 e. The summed E-state index contributed by atoms with van der Waals surface area (Å²) < 4.78 is 0. The first-order chi connectivity index (χ1) is 8.67. The Morgan fingerprint density at radius 2 is 1.61 bits per heavy atom. The zero-order valence-electron chi connectivity index (χ0n) is 10.8. The molecule has 0 aliphatic carbocycles. The number of hydrogen-bond acceptors (Lipinski definition) is 2. The molecule has 94 valence electrons. The van der Waals surface area contributed by atoms with Crippen molar-refractivity contribution in [3.05, 3.63) is 47.5 Å². The van der Waals surface area contributed by atoms with Crippen molar-refractivity contribution in [1.82, 2.24) is 0 Å². The van der Waals surface area contributed by atoms with E-state index >= 15 is 0 Å². The summed E-state index contributed by atoms with van der Waals surface area (Å²) >= 11 is 0. The second-order valence-corrected chi connectivity index (χ2v) is 4.36. The molecule has 2 nitrogen and oxygen atoms in total. The molecule has 0 aromatic heterocycles. The van der Waals surface area contributed by atoms with Crippen LogP contribution < -0.4 is 0 Å². The summed E-state index contributed by atoms with van der Waals surface area (Å²) in [6, 6.07) is 11.2. The van der Waals surface area contributed by atoms with Crippen molar-refractivity contribution in [2.45, 2.75) is 26.7 Å². The molecule has 2 rings (SSSR count). The van der Waals surface area contributed by atoms with Gasteiger partial charge < -0.3 is 10.2 Å². The van der Waals surface area contributed by atoms with Crippen molar-refractivity contribution >= 4 is 0 Å². The number of aryl methyl sites for hydroxylation is 1. The van der Waals surface area contributed by atoms with Crippen LogP contribution in [0.5, 0.6) is 11.5 Å². The Bertz CT molecular complexity index is 559. The predicted molar refractivity (Wildman–Crippen MR) is 74.0 cm³/mol. The third-order valence-corrected chi connectivity index (χ3v) is 3.25. The standard InChI is InChI=1S/C16H18O2/c1-3-11-7-5-6-8-14(11)15-9-12(17)10-16(18)13(15)4-2/h5-10,17-18H,3-4H2,1-2H3. The van der Waals surface area contributed by atoms with E-state index in [0.717, 1.165) is 29.5 Å². The van der Waals surface area contributed by atoms with E-state index in [2.05, 4.69) is 13.0 Å². The highest BCUT2D eigenvalue weighted by atomic mass is 16.3. The Labute approximate surface area is 108 Å². The molecule has 0 saturated heterocycles. The minimum Gasteiger partial charge on any atom is -0.508 e. The topological polar surface area (TPSA) is 40.5 Å². The SMILES string of the molecule is CCc1ccccc1-c1cc(O)cc(O)c1CC. The van der Waals surface area contributed by atoms with Gasteiger partial charge >= 0.3 is 0 Å². The lowest BCUT2D eigenvalue weighted by molar-refractivity contribution is 0.447. The summed E-state index contributed by atoms with van der Waals surface area (Å²) in [5.74, 6) is 0.268. The highest BCUT2D eigenvalue weighted by Crippen LogP contribution is 2.36. The number of aromatic hydroxyl groups is 2. The molecule has 0 bridgehead atoms. The van der Waals surface area contributed by atoms with Crippen LogP contribution in [0.2, 0.25) is 0 Å². The van der Waals surface area contributed by atoms with Gasteiger partial charge in [0.15, 0.2) is 0 Å². The fourth-order valence-corrected chi connectivity index (χ4v) is 2.35. The third-order valence-electron chi connectivity index (χ3n) is 3.25. The van der Waals surface area contributed by atoms with Crippen LogP contribution in [0.3, 0.4) is 0 Å². The number of phenolic OH excluding ortho intramolecular Hbond substituents is 2. The van der Waals surface area contributed by atoms with Gasteiger partial charge in [-0.15, -0.1) is 0 Å². The molecule has 2 aromatic rings. The fraction of sp³-hybridized carbons (Fsp3) is 0.250. The summed E-state index contributed by atoms with van der Waals surface area (Å²) in [5.41, 5.74) is 4.11. The summed E-state index contributed by atoms with van der Waals surface area (Å²) in [6.07, 6.45) is 1.66. The first-order valence-corrected chi connectivity index (χ1v) is 6.30. The van der Waals surface area contributed by atoms with E-state index in [-0.39, 0.29) is 11.5 Å². The van der Waals surface area contributed by atoms with E-state index < -0.39 is 0 Å². The van der Waals surface area contributed by atoms with Gasteiger partial charge in [-0.25, -0.2) is 0 Å². The Kier molecular flexibility index (Phi) is 3.56. The maximum atomic E-state index is 9.94. The van der Waals surface area contributed by atoms with Crippen LogP contribution in [0.15, 0.2) is 36.4 Å². The van der Waals surface area contributed by atoms with E-state index in [4.69, 9.17) is 0 Å². The minimum atomic E-state index is 0.102. The molecule has 0 aliphatic rings. The Morgan fingerprint density at radius 1 is 0.889 bits per heavy atom. The molecule has 18 heavy (non-hydrogen) atoms. The number of rotatable bonds is 3. The molecule has 0 atom stereocenters. The van der Waals surface area contributed by atoms with E-state index in [1.807, 2.05) is 25.1 Å². The van der Waals surface area contributed by atoms with Gasteiger partial charge in [0.1, 0.15) is 11.5 Å². The molecule has 2 N–H and O–H groups in total. The highest BCUT2D eigenvalue weighted by molar-refractivity contribution is 5.74. The maximum absolute atomic E-state index is 9.94. The predicted octanol–water partition coefficient (Wildman–Crippen LogP) is 3.89. The lowest BCUT2D eigenvalue weighted by Crippen LogP contribution is -1.93. The lowest BCUT2D eigenvalue weighted by atomic mass is 9.92. The Morgan fingerprint density at radius 3 is 2.28 bits per heavy atom. The normalized spacial score (nSPS) is 10.6. The summed E-state index contributed by atoms with van der Waals surface area (Å²) in [4.78, 5) is 0. The number of hydrogen-bond donors (Lipinski definition) is 2. The molecular formula is C16H18O2. The average molecular weight is 242 g/mol. The molecule has 2 aromatic carbocycles. The van der Waals surface area contributed by atoms with Gasteiger partial charge in [-0.3, -0.25) is 0 Å². The van der Waals surface area contributed by atoms with Gasteiger partial charge in [-0.2, -0.15) is 0 Å². The third kappa shape index (κ3) is 2.19. The van der Waals surface area contributed by atoms with Crippen molar-refractivity contribution in [3.8, 4) is 22.6 Å². The van der Waals surface area contributed by atoms with Gasteiger partial charge in [0.25, 0.3) is 0 Å². The molecule has 2 heteroatoms. The quantitative estimate of drug-likeness (QED) is 0.857. The van der Waals surface area contributed by atoms with Crippen LogP contribution in [0.25, 0.3) is 11.1 Å². The molecule has 0 saturated carbocycles. The van der Waals surface area contributed by atoms with Crippen LogP contribution in [-0.4, -0.2) is 10.2 Å². The van der Waals surface area contributed by atoms with Crippen molar-refractivity contribution < 1.29 is 10.2 Å². The van der Waals surface area contributed by atoms with E-state index in [0.29, 0.717) is 0 Å². The summed E-state index contributed by atoms with van der Waals surface area (Å²) in [7, 11) is 0. The Balaban J connectivity index is 2.70. The van der Waals surface area contributed by atoms with Gasteiger partial charge in [-0.05, 0) is 35.6 Å². The zero-order chi connectivity index (χ0) is 13.1.